The van der Waals surface area contributed by atoms with Gasteiger partial charge in [-0.3, -0.25) is 4.79 Å². The number of hydrogen-bond acceptors (Lipinski definition) is 1. The molecule has 51 valence electrons. The van der Waals surface area contributed by atoms with Gasteiger partial charge in [-0.1, -0.05) is 12.1 Å². The van der Waals surface area contributed by atoms with E-state index < -0.39 is 5.82 Å². The second kappa shape index (κ2) is 2.60. The highest BCUT2D eigenvalue weighted by molar-refractivity contribution is 5.77. The standard InChI is InChI=1S/C8H6FO/c1-6-3-2-4-8(9)7(6)5-10/h2-4H,1H3. The van der Waals surface area contributed by atoms with Gasteiger partial charge in [0.05, 0.1) is 5.56 Å². The number of hydrogen-bond donors (Lipinski definition) is 0. The average Bonchev–Trinajstić information content (AvgIpc) is 1.88. The lowest BCUT2D eigenvalue weighted by molar-refractivity contribution is 0.556. The summed E-state index contributed by atoms with van der Waals surface area (Å²) in [6.07, 6.45) is 1.54. The van der Waals surface area contributed by atoms with Gasteiger partial charge < -0.3 is 0 Å². The van der Waals surface area contributed by atoms with E-state index in [9.17, 15) is 9.18 Å². The summed E-state index contributed by atoms with van der Waals surface area (Å²) < 4.78 is 12.6. The first-order chi connectivity index (χ1) is 4.75. The molecule has 0 spiro atoms. The summed E-state index contributed by atoms with van der Waals surface area (Å²) in [6, 6.07) is 4.47. The van der Waals surface area contributed by atoms with Crippen LogP contribution in [0.25, 0.3) is 0 Å². The lowest BCUT2D eigenvalue weighted by Crippen LogP contribution is -1.90. The number of aryl methyl sites for hydroxylation is 1. The van der Waals surface area contributed by atoms with Crippen LogP contribution in [-0.4, -0.2) is 6.29 Å². The predicted molar refractivity (Wildman–Crippen MR) is 35.9 cm³/mol. The monoisotopic (exact) mass is 137 g/mol. The molecule has 0 fully saturated rings. The fourth-order valence-electron chi connectivity index (χ4n) is 0.761. The molecule has 1 aromatic rings. The van der Waals surface area contributed by atoms with Crippen LogP contribution in [0, 0.1) is 12.7 Å². The zero-order chi connectivity index (χ0) is 7.56. The maximum Gasteiger partial charge on any atom is 0.236 e. The van der Waals surface area contributed by atoms with Crippen LogP contribution in [0.1, 0.15) is 11.1 Å². The molecule has 0 atom stereocenters. The lowest BCUT2D eigenvalue weighted by atomic mass is 10.1. The average molecular weight is 137 g/mol. The Morgan fingerprint density at radius 2 is 2.20 bits per heavy atom. The Hall–Kier alpha value is -1.18. The molecule has 1 radical (unpaired) electrons. The van der Waals surface area contributed by atoms with E-state index in [1.807, 2.05) is 0 Å². The van der Waals surface area contributed by atoms with Gasteiger partial charge in [-0.15, -0.1) is 0 Å². The van der Waals surface area contributed by atoms with E-state index in [4.69, 9.17) is 0 Å². The minimum Gasteiger partial charge on any atom is -0.285 e. The highest BCUT2D eigenvalue weighted by atomic mass is 19.1. The van der Waals surface area contributed by atoms with Crippen molar-refractivity contribution in [3.63, 3.8) is 0 Å². The summed E-state index contributed by atoms with van der Waals surface area (Å²) in [4.78, 5) is 10.1. The molecule has 0 aromatic heterocycles. The van der Waals surface area contributed by atoms with Crippen molar-refractivity contribution in [2.24, 2.45) is 0 Å². The molecule has 0 aliphatic rings. The first-order valence-electron chi connectivity index (χ1n) is 2.89. The van der Waals surface area contributed by atoms with Crippen molar-refractivity contribution in [3.8, 4) is 0 Å². The SMILES string of the molecule is Cc1cccc(F)c1[C]=O. The molecule has 0 bridgehead atoms. The van der Waals surface area contributed by atoms with Crippen molar-refractivity contribution in [1.82, 2.24) is 0 Å². The van der Waals surface area contributed by atoms with Gasteiger partial charge in [0.25, 0.3) is 0 Å². The van der Waals surface area contributed by atoms with E-state index in [2.05, 4.69) is 0 Å². The molecular weight excluding hydrogens is 131 g/mol. The van der Waals surface area contributed by atoms with Crippen molar-refractivity contribution in [2.75, 3.05) is 0 Å². The van der Waals surface area contributed by atoms with E-state index >= 15 is 0 Å². The topological polar surface area (TPSA) is 17.1 Å². The predicted octanol–water partition coefficient (Wildman–Crippen LogP) is 1.59. The molecule has 0 N–H and O–H groups in total. The summed E-state index contributed by atoms with van der Waals surface area (Å²) in [6.45, 7) is 1.67. The number of carbonyl (C=O) groups excluding carboxylic acids is 1. The van der Waals surface area contributed by atoms with Crippen LogP contribution in [0.4, 0.5) is 4.39 Å². The molecule has 1 aromatic carbocycles. The molecule has 0 aliphatic heterocycles. The molecule has 0 saturated heterocycles. The van der Waals surface area contributed by atoms with Crippen LogP contribution in [0.2, 0.25) is 0 Å². The number of rotatable bonds is 1. The third kappa shape index (κ3) is 1.05. The zero-order valence-corrected chi connectivity index (χ0v) is 5.52. The van der Waals surface area contributed by atoms with Gasteiger partial charge in [-0.25, -0.2) is 4.39 Å². The summed E-state index contributed by atoms with van der Waals surface area (Å²) >= 11 is 0. The van der Waals surface area contributed by atoms with Gasteiger partial charge in [-0.05, 0) is 18.6 Å². The van der Waals surface area contributed by atoms with Gasteiger partial charge in [0.1, 0.15) is 5.82 Å². The van der Waals surface area contributed by atoms with Crippen LogP contribution in [-0.2, 0) is 4.79 Å². The van der Waals surface area contributed by atoms with Crippen molar-refractivity contribution in [3.05, 3.63) is 35.1 Å². The molecule has 0 heterocycles. The summed E-state index contributed by atoms with van der Waals surface area (Å²) in [5, 5.41) is 0. The van der Waals surface area contributed by atoms with Crippen LogP contribution in [0.15, 0.2) is 18.2 Å². The van der Waals surface area contributed by atoms with E-state index in [1.165, 1.54) is 12.4 Å². The Balaban J connectivity index is 3.30. The molecule has 0 aliphatic carbocycles. The fourth-order valence-corrected chi connectivity index (χ4v) is 0.761. The van der Waals surface area contributed by atoms with Crippen molar-refractivity contribution in [2.45, 2.75) is 6.92 Å². The fraction of sp³-hybridized carbons (Fsp3) is 0.125. The van der Waals surface area contributed by atoms with E-state index in [0.717, 1.165) is 0 Å². The van der Waals surface area contributed by atoms with Gasteiger partial charge in [0.15, 0.2) is 0 Å². The zero-order valence-electron chi connectivity index (χ0n) is 5.52. The first kappa shape index (κ1) is 6.93. The quantitative estimate of drug-likeness (QED) is 0.574. The smallest absolute Gasteiger partial charge is 0.236 e. The van der Waals surface area contributed by atoms with Crippen molar-refractivity contribution in [1.29, 1.82) is 0 Å². The molecular formula is C8H6FO. The maximum absolute atomic E-state index is 12.6. The molecule has 0 saturated carbocycles. The van der Waals surface area contributed by atoms with Gasteiger partial charge in [-0.2, -0.15) is 0 Å². The Morgan fingerprint density at radius 3 is 2.60 bits per heavy atom. The lowest BCUT2D eigenvalue weighted by Gasteiger charge is -1.95. The molecule has 0 unspecified atom stereocenters. The molecule has 1 nitrogen and oxygen atoms in total. The summed E-state index contributed by atoms with van der Waals surface area (Å²) in [7, 11) is 0. The molecule has 1 rings (SSSR count). The minimum atomic E-state index is -0.505. The Bertz CT molecular complexity index is 235. The molecule has 10 heavy (non-hydrogen) atoms. The second-order valence-electron chi connectivity index (χ2n) is 2.03. The van der Waals surface area contributed by atoms with Gasteiger partial charge in [0, 0.05) is 0 Å². The van der Waals surface area contributed by atoms with E-state index in [1.54, 1.807) is 19.1 Å². The van der Waals surface area contributed by atoms with Crippen LogP contribution >= 0.6 is 0 Å². The van der Waals surface area contributed by atoms with Crippen LogP contribution < -0.4 is 0 Å². The highest BCUT2D eigenvalue weighted by Gasteiger charge is 2.02. The van der Waals surface area contributed by atoms with E-state index in [-0.39, 0.29) is 5.56 Å². The van der Waals surface area contributed by atoms with Crippen molar-refractivity contribution >= 4 is 6.29 Å². The van der Waals surface area contributed by atoms with Crippen molar-refractivity contribution < 1.29 is 9.18 Å². The van der Waals surface area contributed by atoms with Gasteiger partial charge >= 0.3 is 0 Å². The second-order valence-corrected chi connectivity index (χ2v) is 2.03. The first-order valence-corrected chi connectivity index (χ1v) is 2.89. The minimum absolute atomic E-state index is 0.0301. The third-order valence-corrected chi connectivity index (χ3v) is 1.32. The molecule has 0 amide bonds. The number of benzene rings is 1. The molecule has 2 heteroatoms. The van der Waals surface area contributed by atoms with E-state index in [0.29, 0.717) is 5.56 Å². The Labute approximate surface area is 58.5 Å². The Kier molecular flexibility index (Phi) is 1.81. The van der Waals surface area contributed by atoms with Crippen LogP contribution in [0.3, 0.4) is 0 Å². The highest BCUT2D eigenvalue weighted by Crippen LogP contribution is 2.08. The van der Waals surface area contributed by atoms with Crippen LogP contribution in [0.5, 0.6) is 0 Å². The number of halogens is 1. The normalized spacial score (nSPS) is 9.40. The maximum atomic E-state index is 12.6. The van der Waals surface area contributed by atoms with Gasteiger partial charge in [0.2, 0.25) is 6.29 Å². The third-order valence-electron chi connectivity index (χ3n) is 1.32. The summed E-state index contributed by atoms with van der Waals surface area (Å²) in [5.41, 5.74) is 0.650. The summed E-state index contributed by atoms with van der Waals surface area (Å²) in [5.74, 6) is -0.505. The largest absolute Gasteiger partial charge is 0.285 e. The Morgan fingerprint density at radius 1 is 1.50 bits per heavy atom.